The van der Waals surface area contributed by atoms with Crippen LogP contribution in [0.2, 0.25) is 0 Å². The number of amides is 2. The van der Waals surface area contributed by atoms with Crippen LogP contribution in [0.5, 0.6) is 0 Å². The Morgan fingerprint density at radius 2 is 1.81 bits per heavy atom. The van der Waals surface area contributed by atoms with Crippen molar-refractivity contribution in [1.82, 2.24) is 15.1 Å². The SMILES string of the molecule is NC1(C(=O)N2CCN(CCNC(=O)c3ccccc3F)CC2)CCOCC1. The van der Waals surface area contributed by atoms with Crippen LogP contribution in [0.4, 0.5) is 4.39 Å². The molecule has 0 bridgehead atoms. The predicted octanol–water partition coefficient (Wildman–Crippen LogP) is 0.208. The third kappa shape index (κ3) is 4.82. The lowest BCUT2D eigenvalue weighted by Crippen LogP contribution is -2.61. The number of carbonyl (C=O) groups is 2. The molecule has 0 atom stereocenters. The summed E-state index contributed by atoms with van der Waals surface area (Å²) >= 11 is 0. The molecule has 0 radical (unpaired) electrons. The number of piperazine rings is 1. The molecule has 7 nitrogen and oxygen atoms in total. The van der Waals surface area contributed by atoms with Gasteiger partial charge in [0.1, 0.15) is 5.82 Å². The zero-order chi connectivity index (χ0) is 19.3. The molecule has 1 aromatic carbocycles. The van der Waals surface area contributed by atoms with E-state index in [2.05, 4.69) is 10.2 Å². The average Bonchev–Trinajstić information content (AvgIpc) is 2.69. The Hall–Kier alpha value is -2.03. The molecule has 2 heterocycles. The summed E-state index contributed by atoms with van der Waals surface area (Å²) in [4.78, 5) is 28.7. The van der Waals surface area contributed by atoms with Crippen LogP contribution in [0.1, 0.15) is 23.2 Å². The highest BCUT2D eigenvalue weighted by molar-refractivity contribution is 5.94. The maximum atomic E-state index is 13.6. The van der Waals surface area contributed by atoms with E-state index in [4.69, 9.17) is 10.5 Å². The van der Waals surface area contributed by atoms with Crippen molar-refractivity contribution in [3.63, 3.8) is 0 Å². The molecule has 2 aliphatic heterocycles. The van der Waals surface area contributed by atoms with Crippen molar-refractivity contribution in [2.75, 3.05) is 52.5 Å². The first-order chi connectivity index (χ1) is 13.0. The molecule has 2 saturated heterocycles. The van der Waals surface area contributed by atoms with Gasteiger partial charge in [0.25, 0.3) is 5.91 Å². The highest BCUT2D eigenvalue weighted by Gasteiger charge is 2.39. The van der Waals surface area contributed by atoms with E-state index in [-0.39, 0.29) is 11.5 Å². The summed E-state index contributed by atoms with van der Waals surface area (Å²) in [5, 5.41) is 2.74. The Labute approximate surface area is 158 Å². The monoisotopic (exact) mass is 378 g/mol. The van der Waals surface area contributed by atoms with Gasteiger partial charge < -0.3 is 20.7 Å². The summed E-state index contributed by atoms with van der Waals surface area (Å²) in [6.07, 6.45) is 1.13. The topological polar surface area (TPSA) is 87.9 Å². The number of halogens is 1. The lowest BCUT2D eigenvalue weighted by atomic mass is 9.89. The van der Waals surface area contributed by atoms with Crippen molar-refractivity contribution >= 4 is 11.8 Å². The second-order valence-corrected chi connectivity index (χ2v) is 7.14. The number of nitrogens with one attached hydrogen (secondary N) is 1. The first-order valence-electron chi connectivity index (χ1n) is 9.41. The smallest absolute Gasteiger partial charge is 0.254 e. The fraction of sp³-hybridized carbons (Fsp3) is 0.579. The van der Waals surface area contributed by atoms with Gasteiger partial charge in [-0.3, -0.25) is 14.5 Å². The molecule has 0 aliphatic carbocycles. The number of nitrogens with zero attached hydrogens (tertiary/aromatic N) is 2. The molecule has 2 aliphatic rings. The summed E-state index contributed by atoms with van der Waals surface area (Å²) in [7, 11) is 0. The number of hydrogen-bond acceptors (Lipinski definition) is 5. The summed E-state index contributed by atoms with van der Waals surface area (Å²) in [6, 6.07) is 5.93. The minimum absolute atomic E-state index is 0.0123. The van der Waals surface area contributed by atoms with E-state index in [0.29, 0.717) is 52.2 Å². The molecule has 8 heteroatoms. The first-order valence-corrected chi connectivity index (χ1v) is 9.41. The number of nitrogens with two attached hydrogens (primary N) is 1. The van der Waals surface area contributed by atoms with Crippen LogP contribution in [-0.2, 0) is 9.53 Å². The van der Waals surface area contributed by atoms with Crippen LogP contribution in [0.15, 0.2) is 24.3 Å². The van der Waals surface area contributed by atoms with E-state index in [9.17, 15) is 14.0 Å². The normalized spacial score (nSPS) is 20.3. The standard InChI is InChI=1S/C19H27FN4O3/c20-16-4-2-1-3-15(16)17(25)22-7-8-23-9-11-24(12-10-23)18(26)19(21)5-13-27-14-6-19/h1-4H,5-14,21H2,(H,22,25). The average molecular weight is 378 g/mol. The summed E-state index contributed by atoms with van der Waals surface area (Å²) in [5.41, 5.74) is 5.54. The summed E-state index contributed by atoms with van der Waals surface area (Å²) in [5.74, 6) is -0.921. The van der Waals surface area contributed by atoms with Crippen molar-refractivity contribution in [2.45, 2.75) is 18.4 Å². The Morgan fingerprint density at radius 1 is 1.15 bits per heavy atom. The van der Waals surface area contributed by atoms with Crippen molar-refractivity contribution in [3.05, 3.63) is 35.6 Å². The van der Waals surface area contributed by atoms with Crippen molar-refractivity contribution in [2.24, 2.45) is 5.73 Å². The maximum absolute atomic E-state index is 13.6. The van der Waals surface area contributed by atoms with Crippen molar-refractivity contribution in [1.29, 1.82) is 0 Å². The Morgan fingerprint density at radius 3 is 2.48 bits per heavy atom. The van der Waals surface area contributed by atoms with Crippen molar-refractivity contribution < 1.29 is 18.7 Å². The van der Waals surface area contributed by atoms with Gasteiger partial charge in [-0.25, -0.2) is 4.39 Å². The van der Waals surface area contributed by atoms with Gasteiger partial charge in [0.2, 0.25) is 5.91 Å². The minimum Gasteiger partial charge on any atom is -0.381 e. The van der Waals surface area contributed by atoms with Crippen LogP contribution >= 0.6 is 0 Å². The second-order valence-electron chi connectivity index (χ2n) is 7.14. The molecule has 0 aromatic heterocycles. The highest BCUT2D eigenvalue weighted by atomic mass is 19.1. The van der Waals surface area contributed by atoms with Gasteiger partial charge >= 0.3 is 0 Å². The summed E-state index contributed by atoms with van der Waals surface area (Å²) < 4.78 is 18.9. The van der Waals surface area contributed by atoms with Gasteiger partial charge in [0, 0.05) is 52.5 Å². The van der Waals surface area contributed by atoms with Gasteiger partial charge in [-0.1, -0.05) is 12.1 Å². The molecule has 27 heavy (non-hydrogen) atoms. The number of rotatable bonds is 5. The van der Waals surface area contributed by atoms with Gasteiger partial charge in [0.05, 0.1) is 11.1 Å². The number of carbonyl (C=O) groups excluding carboxylic acids is 2. The predicted molar refractivity (Wildman–Crippen MR) is 98.7 cm³/mol. The zero-order valence-electron chi connectivity index (χ0n) is 15.5. The van der Waals surface area contributed by atoms with Crippen molar-refractivity contribution in [3.8, 4) is 0 Å². The largest absolute Gasteiger partial charge is 0.381 e. The first kappa shape index (κ1) is 19.7. The van der Waals surface area contributed by atoms with Crippen LogP contribution in [0, 0.1) is 5.82 Å². The molecule has 3 rings (SSSR count). The van der Waals surface area contributed by atoms with Crippen LogP contribution < -0.4 is 11.1 Å². The van der Waals surface area contributed by atoms with Gasteiger partial charge in [0.15, 0.2) is 0 Å². The van der Waals surface area contributed by atoms with Gasteiger partial charge in [-0.15, -0.1) is 0 Å². The molecule has 0 unspecified atom stereocenters. The number of hydrogen-bond donors (Lipinski definition) is 2. The minimum atomic E-state index is -0.797. The molecule has 0 saturated carbocycles. The quantitative estimate of drug-likeness (QED) is 0.765. The number of benzene rings is 1. The highest BCUT2D eigenvalue weighted by Crippen LogP contribution is 2.21. The molecule has 3 N–H and O–H groups in total. The van der Waals surface area contributed by atoms with Crippen LogP contribution in [0.25, 0.3) is 0 Å². The maximum Gasteiger partial charge on any atom is 0.254 e. The van der Waals surface area contributed by atoms with E-state index in [0.717, 1.165) is 13.1 Å². The van der Waals surface area contributed by atoms with Gasteiger partial charge in [-0.2, -0.15) is 0 Å². The zero-order valence-corrected chi connectivity index (χ0v) is 15.5. The molecular weight excluding hydrogens is 351 g/mol. The molecule has 0 spiro atoms. The van der Waals surface area contributed by atoms with E-state index >= 15 is 0 Å². The lowest BCUT2D eigenvalue weighted by molar-refractivity contribution is -0.142. The Kier molecular flexibility index (Phi) is 6.41. The fourth-order valence-corrected chi connectivity index (χ4v) is 3.51. The van der Waals surface area contributed by atoms with E-state index in [1.54, 1.807) is 12.1 Å². The fourth-order valence-electron chi connectivity index (χ4n) is 3.51. The summed E-state index contributed by atoms with van der Waals surface area (Å²) in [6.45, 7) is 4.86. The Bertz CT molecular complexity index is 671. The van der Waals surface area contributed by atoms with Gasteiger partial charge in [-0.05, 0) is 25.0 Å². The molecule has 1 aromatic rings. The lowest BCUT2D eigenvalue weighted by Gasteiger charge is -2.40. The molecular formula is C19H27FN4O3. The molecule has 2 amide bonds. The third-order valence-corrected chi connectivity index (χ3v) is 5.30. The van der Waals surface area contributed by atoms with Crippen LogP contribution in [0.3, 0.4) is 0 Å². The molecule has 2 fully saturated rings. The van der Waals surface area contributed by atoms with E-state index in [1.165, 1.54) is 12.1 Å². The second kappa shape index (κ2) is 8.77. The van der Waals surface area contributed by atoms with E-state index in [1.807, 2.05) is 4.90 Å². The van der Waals surface area contributed by atoms with E-state index < -0.39 is 17.3 Å². The van der Waals surface area contributed by atoms with Crippen LogP contribution in [-0.4, -0.2) is 79.6 Å². The molecule has 148 valence electrons. The number of ether oxygens (including phenoxy) is 1. The third-order valence-electron chi connectivity index (χ3n) is 5.30. The Balaban J connectivity index is 1.40.